The Morgan fingerprint density at radius 1 is 0.812 bits per heavy atom. The highest BCUT2D eigenvalue weighted by atomic mass is 16.5. The summed E-state index contributed by atoms with van der Waals surface area (Å²) in [7, 11) is 1.58. The zero-order valence-electron chi connectivity index (χ0n) is 9.29. The second-order valence-corrected chi connectivity index (χ2v) is 2.99. The summed E-state index contributed by atoms with van der Waals surface area (Å²) in [5, 5.41) is 17.4. The maximum absolute atomic E-state index is 8.73. The average Bonchev–Trinajstić information content (AvgIpc) is 2.18. The van der Waals surface area contributed by atoms with Crippen LogP contribution in [0.4, 0.5) is 0 Å². The van der Waals surface area contributed by atoms with E-state index in [0.29, 0.717) is 6.61 Å². The third-order valence-corrected chi connectivity index (χ3v) is 1.77. The van der Waals surface area contributed by atoms with E-state index in [1.165, 1.54) is 0 Å². The average molecular weight is 240 g/mol. The molecule has 0 saturated heterocycles. The molecule has 0 spiro atoms. The predicted octanol–water partition coefficient (Wildman–Crippen LogP) is 3.48. The highest BCUT2D eigenvalue weighted by Gasteiger charge is 1.95. The van der Waals surface area contributed by atoms with Gasteiger partial charge < -0.3 is 14.9 Å². The fourth-order valence-electron chi connectivity index (χ4n) is 0.599. The highest BCUT2D eigenvalue weighted by Crippen LogP contribution is 1.92. The van der Waals surface area contributed by atoms with E-state index in [1.54, 1.807) is 7.11 Å². The van der Waals surface area contributed by atoms with Crippen LogP contribution in [0.15, 0.2) is 0 Å². The minimum Gasteiger partial charge on any atom is -0.393 e. The fourth-order valence-corrected chi connectivity index (χ4v) is 0.599. The van der Waals surface area contributed by atoms with Crippen molar-refractivity contribution in [3.05, 3.63) is 0 Å². The SMILES string of the molecule is C.C.C.CCC(O)CC.CCC(O)COC. The first-order valence-electron chi connectivity index (χ1n) is 4.97. The molecule has 3 heteroatoms. The molecule has 0 aliphatic heterocycles. The van der Waals surface area contributed by atoms with Crippen molar-refractivity contribution in [3.8, 4) is 0 Å². The van der Waals surface area contributed by atoms with E-state index < -0.39 is 0 Å². The van der Waals surface area contributed by atoms with E-state index in [0.717, 1.165) is 19.3 Å². The lowest BCUT2D eigenvalue weighted by molar-refractivity contribution is 0.0625. The predicted molar refractivity (Wildman–Crippen MR) is 75.0 cm³/mol. The Morgan fingerprint density at radius 2 is 1.12 bits per heavy atom. The van der Waals surface area contributed by atoms with Gasteiger partial charge in [0.05, 0.1) is 18.8 Å². The van der Waals surface area contributed by atoms with Crippen LogP contribution in [0.25, 0.3) is 0 Å². The van der Waals surface area contributed by atoms with Gasteiger partial charge in [-0.05, 0) is 19.3 Å². The van der Waals surface area contributed by atoms with Crippen LogP contribution in [0.1, 0.15) is 62.3 Å². The molecule has 0 radical (unpaired) electrons. The summed E-state index contributed by atoms with van der Waals surface area (Å²) in [6.07, 6.45) is 2.20. The van der Waals surface area contributed by atoms with Gasteiger partial charge in [-0.1, -0.05) is 43.1 Å². The number of hydrogen-bond acceptors (Lipinski definition) is 3. The molecule has 3 nitrogen and oxygen atoms in total. The summed E-state index contributed by atoms with van der Waals surface area (Å²) in [6, 6.07) is 0. The first-order valence-corrected chi connectivity index (χ1v) is 4.97. The normalized spacial score (nSPS) is 9.94. The van der Waals surface area contributed by atoms with Crippen molar-refractivity contribution in [2.45, 2.75) is 74.5 Å². The van der Waals surface area contributed by atoms with E-state index in [9.17, 15) is 0 Å². The van der Waals surface area contributed by atoms with Gasteiger partial charge in [-0.3, -0.25) is 0 Å². The van der Waals surface area contributed by atoms with Gasteiger partial charge in [0.2, 0.25) is 0 Å². The van der Waals surface area contributed by atoms with Crippen LogP contribution in [0.3, 0.4) is 0 Å². The maximum Gasteiger partial charge on any atom is 0.0770 e. The van der Waals surface area contributed by atoms with Crippen molar-refractivity contribution in [2.24, 2.45) is 0 Å². The van der Waals surface area contributed by atoms with Crippen molar-refractivity contribution in [1.82, 2.24) is 0 Å². The molecule has 0 aromatic heterocycles. The maximum atomic E-state index is 8.73. The fraction of sp³-hybridized carbons (Fsp3) is 1.00. The lowest BCUT2D eigenvalue weighted by atomic mass is 10.2. The Bertz CT molecular complexity index is 83.2. The summed E-state index contributed by atoms with van der Waals surface area (Å²) in [6.45, 7) is 6.34. The first kappa shape index (κ1) is 29.7. The Hall–Kier alpha value is -0.120. The van der Waals surface area contributed by atoms with Crippen LogP contribution in [-0.2, 0) is 4.74 Å². The van der Waals surface area contributed by atoms with Crippen molar-refractivity contribution < 1.29 is 14.9 Å². The first-order chi connectivity index (χ1) is 6.12. The minimum atomic E-state index is -0.273. The zero-order chi connectivity index (χ0) is 10.7. The summed E-state index contributed by atoms with van der Waals surface area (Å²) >= 11 is 0. The highest BCUT2D eigenvalue weighted by molar-refractivity contribution is 4.45. The lowest BCUT2D eigenvalue weighted by Crippen LogP contribution is -2.11. The lowest BCUT2D eigenvalue weighted by Gasteiger charge is -2.02. The van der Waals surface area contributed by atoms with Crippen molar-refractivity contribution in [3.63, 3.8) is 0 Å². The third-order valence-electron chi connectivity index (χ3n) is 1.77. The largest absolute Gasteiger partial charge is 0.393 e. The van der Waals surface area contributed by atoms with Crippen molar-refractivity contribution in [2.75, 3.05) is 13.7 Å². The Labute approximate surface area is 104 Å². The molecule has 1 atom stereocenters. The molecule has 0 amide bonds. The quantitative estimate of drug-likeness (QED) is 0.773. The topological polar surface area (TPSA) is 49.7 Å². The van der Waals surface area contributed by atoms with E-state index in [-0.39, 0.29) is 34.5 Å². The molecule has 0 rings (SSSR count). The molecule has 0 aliphatic rings. The summed E-state index contributed by atoms with van der Waals surface area (Å²) in [4.78, 5) is 0. The summed E-state index contributed by atoms with van der Waals surface area (Å²) in [5.74, 6) is 0. The van der Waals surface area contributed by atoms with Crippen molar-refractivity contribution >= 4 is 0 Å². The number of aliphatic hydroxyl groups is 2. The number of methoxy groups -OCH3 is 1. The van der Waals surface area contributed by atoms with E-state index in [1.807, 2.05) is 20.8 Å². The van der Waals surface area contributed by atoms with Crippen LogP contribution in [-0.4, -0.2) is 36.1 Å². The standard InChI is InChI=1S/C5H12O2.C5H12O.3CH4/c1-3-5(6)4-7-2;1-3-5(6)4-2;;;/h5-6H,3-4H2,1-2H3;5-6H,3-4H2,1-2H3;3*1H4. The van der Waals surface area contributed by atoms with Crippen LogP contribution >= 0.6 is 0 Å². The molecular formula is C13H36O3. The van der Waals surface area contributed by atoms with E-state index in [2.05, 4.69) is 4.74 Å². The molecule has 106 valence electrons. The molecule has 0 aromatic rings. The zero-order valence-corrected chi connectivity index (χ0v) is 9.29. The van der Waals surface area contributed by atoms with Gasteiger partial charge in [0.1, 0.15) is 0 Å². The number of ether oxygens (including phenoxy) is 1. The smallest absolute Gasteiger partial charge is 0.0770 e. The summed E-state index contributed by atoms with van der Waals surface area (Å²) < 4.78 is 4.64. The van der Waals surface area contributed by atoms with Gasteiger partial charge in [-0.15, -0.1) is 0 Å². The van der Waals surface area contributed by atoms with Crippen LogP contribution in [0.2, 0.25) is 0 Å². The molecule has 0 aromatic carbocycles. The van der Waals surface area contributed by atoms with E-state index >= 15 is 0 Å². The molecule has 0 saturated carbocycles. The second-order valence-electron chi connectivity index (χ2n) is 2.99. The Morgan fingerprint density at radius 3 is 1.19 bits per heavy atom. The molecule has 0 fully saturated rings. The molecule has 2 N–H and O–H groups in total. The Kier molecular flexibility index (Phi) is 45.0. The van der Waals surface area contributed by atoms with E-state index in [4.69, 9.17) is 10.2 Å². The van der Waals surface area contributed by atoms with Gasteiger partial charge in [-0.25, -0.2) is 0 Å². The number of rotatable bonds is 5. The molecule has 0 aliphatic carbocycles. The van der Waals surface area contributed by atoms with Gasteiger partial charge in [0, 0.05) is 7.11 Å². The van der Waals surface area contributed by atoms with Gasteiger partial charge in [0.15, 0.2) is 0 Å². The number of hydrogen-bond donors (Lipinski definition) is 2. The molecule has 1 unspecified atom stereocenters. The van der Waals surface area contributed by atoms with Gasteiger partial charge in [-0.2, -0.15) is 0 Å². The minimum absolute atomic E-state index is 0. The molecular weight excluding hydrogens is 204 g/mol. The van der Waals surface area contributed by atoms with Crippen LogP contribution in [0, 0.1) is 0 Å². The Balaban J connectivity index is -0.0000000428. The van der Waals surface area contributed by atoms with Gasteiger partial charge >= 0.3 is 0 Å². The van der Waals surface area contributed by atoms with Crippen LogP contribution < -0.4 is 0 Å². The molecule has 0 bridgehead atoms. The number of aliphatic hydroxyl groups excluding tert-OH is 2. The third kappa shape index (κ3) is 29.2. The summed E-state index contributed by atoms with van der Waals surface area (Å²) in [5.41, 5.74) is 0. The second kappa shape index (κ2) is 24.2. The van der Waals surface area contributed by atoms with Gasteiger partial charge in [0.25, 0.3) is 0 Å². The molecule has 16 heavy (non-hydrogen) atoms. The van der Waals surface area contributed by atoms with Crippen LogP contribution in [0.5, 0.6) is 0 Å². The van der Waals surface area contributed by atoms with Crippen molar-refractivity contribution in [1.29, 1.82) is 0 Å². The molecule has 0 heterocycles. The monoisotopic (exact) mass is 240 g/mol.